The van der Waals surface area contributed by atoms with Crippen LogP contribution in [0.1, 0.15) is 12.0 Å². The zero-order chi connectivity index (χ0) is 19.0. The summed E-state index contributed by atoms with van der Waals surface area (Å²) in [6.45, 7) is 0.939. The fraction of sp³-hybridized carbons (Fsp3) is 0.278. The van der Waals surface area contributed by atoms with Gasteiger partial charge < -0.3 is 15.4 Å². The minimum atomic E-state index is -3.70. The van der Waals surface area contributed by atoms with Crippen LogP contribution in [-0.2, 0) is 21.4 Å². The van der Waals surface area contributed by atoms with E-state index in [4.69, 9.17) is 4.74 Å². The number of carbonyl (C=O) groups is 1. The van der Waals surface area contributed by atoms with Gasteiger partial charge in [-0.25, -0.2) is 8.42 Å². The van der Waals surface area contributed by atoms with Gasteiger partial charge in [-0.15, -0.1) is 12.4 Å². The van der Waals surface area contributed by atoms with E-state index in [-0.39, 0.29) is 23.2 Å². The molecule has 2 rings (SSSR count). The quantitative estimate of drug-likeness (QED) is 0.585. The van der Waals surface area contributed by atoms with Crippen molar-refractivity contribution < 1.29 is 17.9 Å². The highest BCUT2D eigenvalue weighted by atomic mass is 35.5. The standard InChI is InChI=1S/C18H23N3O4S.ClH/c1-19-11-10-18(22)20-13-14-4-3-5-15(12-14)21-26(23,24)17-8-6-16(25-2)7-9-17;/h3-9,12,19,21H,10-11,13H2,1-2H3,(H,20,22);1H. The number of carbonyl (C=O) groups excluding carboxylic acids is 1. The molecule has 0 saturated carbocycles. The molecule has 1 amide bonds. The smallest absolute Gasteiger partial charge is 0.261 e. The highest BCUT2D eigenvalue weighted by molar-refractivity contribution is 7.92. The summed E-state index contributed by atoms with van der Waals surface area (Å²) >= 11 is 0. The largest absolute Gasteiger partial charge is 0.497 e. The summed E-state index contributed by atoms with van der Waals surface area (Å²) < 4.78 is 32.5. The average molecular weight is 414 g/mol. The van der Waals surface area contributed by atoms with Crippen molar-refractivity contribution in [2.24, 2.45) is 0 Å². The lowest BCUT2D eigenvalue weighted by molar-refractivity contribution is -0.121. The van der Waals surface area contributed by atoms with E-state index in [1.54, 1.807) is 37.4 Å². The number of methoxy groups -OCH3 is 1. The Balaban J connectivity index is 0.00000364. The molecule has 0 fully saturated rings. The summed E-state index contributed by atoms with van der Waals surface area (Å²) in [6, 6.07) is 13.1. The van der Waals surface area contributed by atoms with E-state index < -0.39 is 10.0 Å². The molecule has 2 aromatic carbocycles. The molecule has 148 valence electrons. The number of hydrogen-bond donors (Lipinski definition) is 3. The topological polar surface area (TPSA) is 96.5 Å². The molecule has 0 atom stereocenters. The first-order valence-corrected chi connectivity index (χ1v) is 9.60. The Bertz CT molecular complexity index is 842. The van der Waals surface area contributed by atoms with Gasteiger partial charge in [0.15, 0.2) is 0 Å². The summed E-state index contributed by atoms with van der Waals surface area (Å²) in [5, 5.41) is 5.71. The van der Waals surface area contributed by atoms with Crippen molar-refractivity contribution >= 4 is 34.0 Å². The van der Waals surface area contributed by atoms with Crippen molar-refractivity contribution in [3.63, 3.8) is 0 Å². The number of nitrogens with one attached hydrogen (secondary N) is 3. The van der Waals surface area contributed by atoms with Crippen molar-refractivity contribution in [3.05, 3.63) is 54.1 Å². The van der Waals surface area contributed by atoms with E-state index in [1.807, 2.05) is 6.07 Å². The molecule has 0 saturated heterocycles. The maximum atomic E-state index is 12.5. The second-order valence-electron chi connectivity index (χ2n) is 5.61. The van der Waals surface area contributed by atoms with E-state index in [2.05, 4.69) is 15.4 Å². The number of sulfonamides is 1. The summed E-state index contributed by atoms with van der Waals surface area (Å²) in [7, 11) is -0.397. The number of benzene rings is 2. The molecule has 27 heavy (non-hydrogen) atoms. The first-order valence-electron chi connectivity index (χ1n) is 8.12. The zero-order valence-corrected chi connectivity index (χ0v) is 16.8. The Kier molecular flexibility index (Phi) is 9.07. The normalized spacial score (nSPS) is 10.6. The summed E-state index contributed by atoms with van der Waals surface area (Å²) in [4.78, 5) is 11.8. The van der Waals surface area contributed by atoms with Crippen LogP contribution < -0.4 is 20.1 Å². The van der Waals surface area contributed by atoms with Crippen LogP contribution in [0.3, 0.4) is 0 Å². The molecular formula is C18H24ClN3O4S. The lowest BCUT2D eigenvalue weighted by atomic mass is 10.2. The predicted octanol–water partition coefficient (Wildman–Crippen LogP) is 2.14. The maximum absolute atomic E-state index is 12.5. The van der Waals surface area contributed by atoms with Gasteiger partial charge in [-0.3, -0.25) is 9.52 Å². The predicted molar refractivity (Wildman–Crippen MR) is 108 cm³/mol. The van der Waals surface area contributed by atoms with Gasteiger partial charge in [0.25, 0.3) is 10.0 Å². The van der Waals surface area contributed by atoms with Crippen molar-refractivity contribution in [1.29, 1.82) is 0 Å². The third-order valence-electron chi connectivity index (χ3n) is 3.64. The monoisotopic (exact) mass is 413 g/mol. The SMILES string of the molecule is CNCCC(=O)NCc1cccc(NS(=O)(=O)c2ccc(OC)cc2)c1.Cl. The molecule has 0 aliphatic rings. The Morgan fingerprint density at radius 1 is 1.11 bits per heavy atom. The molecule has 7 nitrogen and oxygen atoms in total. The molecule has 0 heterocycles. The Hall–Kier alpha value is -2.29. The third-order valence-corrected chi connectivity index (χ3v) is 5.04. The summed E-state index contributed by atoms with van der Waals surface area (Å²) in [5.41, 5.74) is 1.24. The Morgan fingerprint density at radius 2 is 1.81 bits per heavy atom. The van der Waals surface area contributed by atoms with E-state index in [0.29, 0.717) is 30.9 Å². The number of halogens is 1. The fourth-order valence-electron chi connectivity index (χ4n) is 2.24. The first-order chi connectivity index (χ1) is 12.4. The van der Waals surface area contributed by atoms with Gasteiger partial charge in [0, 0.05) is 25.2 Å². The molecule has 0 spiro atoms. The van der Waals surface area contributed by atoms with Crippen molar-refractivity contribution in [3.8, 4) is 5.75 Å². The van der Waals surface area contributed by atoms with E-state index >= 15 is 0 Å². The van der Waals surface area contributed by atoms with Gasteiger partial charge in [0.05, 0.1) is 12.0 Å². The first kappa shape index (κ1) is 22.8. The average Bonchev–Trinajstić information content (AvgIpc) is 2.64. The van der Waals surface area contributed by atoms with E-state index in [9.17, 15) is 13.2 Å². The van der Waals surface area contributed by atoms with Crippen LogP contribution in [0.15, 0.2) is 53.4 Å². The van der Waals surface area contributed by atoms with Crippen LogP contribution in [-0.4, -0.2) is 35.0 Å². The van der Waals surface area contributed by atoms with E-state index in [0.717, 1.165) is 5.56 Å². The van der Waals surface area contributed by atoms with Gasteiger partial charge in [-0.2, -0.15) is 0 Å². The van der Waals surface area contributed by atoms with Crippen molar-refractivity contribution in [2.45, 2.75) is 17.9 Å². The highest BCUT2D eigenvalue weighted by Crippen LogP contribution is 2.19. The second-order valence-corrected chi connectivity index (χ2v) is 7.29. The second kappa shape index (κ2) is 10.8. The van der Waals surface area contributed by atoms with Crippen molar-refractivity contribution in [1.82, 2.24) is 10.6 Å². The lowest BCUT2D eigenvalue weighted by Crippen LogP contribution is -2.26. The number of anilines is 1. The fourth-order valence-corrected chi connectivity index (χ4v) is 3.29. The number of hydrogen-bond acceptors (Lipinski definition) is 5. The van der Waals surface area contributed by atoms with Gasteiger partial charge in [-0.05, 0) is 49.0 Å². The van der Waals surface area contributed by atoms with Crippen LogP contribution in [0.4, 0.5) is 5.69 Å². The lowest BCUT2D eigenvalue weighted by Gasteiger charge is -2.11. The molecule has 0 bridgehead atoms. The Morgan fingerprint density at radius 3 is 2.44 bits per heavy atom. The number of amides is 1. The minimum Gasteiger partial charge on any atom is -0.497 e. The number of rotatable bonds is 9. The minimum absolute atomic E-state index is 0. The molecule has 9 heteroatoms. The van der Waals surface area contributed by atoms with Crippen LogP contribution in [0.2, 0.25) is 0 Å². The van der Waals surface area contributed by atoms with Gasteiger partial charge >= 0.3 is 0 Å². The molecule has 2 aromatic rings. The van der Waals surface area contributed by atoms with Gasteiger partial charge in [0.2, 0.25) is 5.91 Å². The summed E-state index contributed by atoms with van der Waals surface area (Å²) in [5.74, 6) is 0.517. The van der Waals surface area contributed by atoms with Crippen LogP contribution in [0, 0.1) is 0 Å². The number of ether oxygens (including phenoxy) is 1. The molecule has 0 unspecified atom stereocenters. The molecule has 0 radical (unpaired) electrons. The molecule has 3 N–H and O–H groups in total. The van der Waals surface area contributed by atoms with Crippen LogP contribution in [0.25, 0.3) is 0 Å². The Labute approximate surface area is 166 Å². The summed E-state index contributed by atoms with van der Waals surface area (Å²) in [6.07, 6.45) is 0.389. The molecule has 0 aromatic heterocycles. The molecule has 0 aliphatic carbocycles. The van der Waals surface area contributed by atoms with Gasteiger partial charge in [0.1, 0.15) is 5.75 Å². The van der Waals surface area contributed by atoms with Gasteiger partial charge in [-0.1, -0.05) is 12.1 Å². The maximum Gasteiger partial charge on any atom is 0.261 e. The van der Waals surface area contributed by atoms with Crippen molar-refractivity contribution in [2.75, 3.05) is 25.4 Å². The highest BCUT2D eigenvalue weighted by Gasteiger charge is 2.14. The van der Waals surface area contributed by atoms with E-state index in [1.165, 1.54) is 19.2 Å². The zero-order valence-electron chi connectivity index (χ0n) is 15.2. The molecule has 0 aliphatic heterocycles. The molecular weight excluding hydrogens is 390 g/mol. The van der Waals surface area contributed by atoms with Crippen LogP contribution in [0.5, 0.6) is 5.75 Å². The van der Waals surface area contributed by atoms with Crippen LogP contribution >= 0.6 is 12.4 Å². The third kappa shape index (κ3) is 7.09.